The van der Waals surface area contributed by atoms with E-state index in [-0.39, 0.29) is 12.0 Å². The number of hydrogen-bond donors (Lipinski definition) is 1. The second-order valence-corrected chi connectivity index (χ2v) is 13.4. The predicted molar refractivity (Wildman–Crippen MR) is 198 cm³/mol. The average Bonchev–Trinajstić information content (AvgIpc) is 3.48. The zero-order valence-electron chi connectivity index (χ0n) is 26.3. The van der Waals surface area contributed by atoms with E-state index in [2.05, 4.69) is 168 Å². The fraction of sp³-hybridized carbons (Fsp3) is 0.0909. The Hall–Kier alpha value is -5.31. The van der Waals surface area contributed by atoms with Gasteiger partial charge >= 0.3 is 7.48 Å². The molecule has 2 atom stereocenters. The van der Waals surface area contributed by atoms with Gasteiger partial charge in [0.15, 0.2) is 0 Å². The largest absolute Gasteiger partial charge is 0.450 e. The van der Waals surface area contributed by atoms with Gasteiger partial charge in [0, 0.05) is 16.7 Å². The number of hydrogen-bond acceptors (Lipinski definition) is 1. The van der Waals surface area contributed by atoms with Gasteiger partial charge in [0.2, 0.25) is 0 Å². The van der Waals surface area contributed by atoms with Gasteiger partial charge in [-0.3, -0.25) is 0 Å². The van der Waals surface area contributed by atoms with Crippen molar-refractivity contribution in [1.29, 1.82) is 0 Å². The minimum atomic E-state index is -0.625. The van der Waals surface area contributed by atoms with Crippen molar-refractivity contribution in [3.05, 3.63) is 203 Å². The minimum Gasteiger partial charge on any atom is -0.450 e. The van der Waals surface area contributed by atoms with Crippen molar-refractivity contribution in [2.75, 3.05) is 0 Å². The van der Waals surface area contributed by atoms with Gasteiger partial charge < -0.3 is 9.59 Å². The molecule has 48 heavy (non-hydrogen) atoms. The van der Waals surface area contributed by atoms with Gasteiger partial charge in [0.25, 0.3) is 0 Å². The lowest BCUT2D eigenvalue weighted by molar-refractivity contribution is 0.304. The van der Waals surface area contributed by atoms with Crippen LogP contribution in [0.25, 0.3) is 21.8 Å². The first-order valence-corrected chi connectivity index (χ1v) is 16.7. The molecular formula is C44H30B2NO. The maximum absolute atomic E-state index is 10.7. The first-order valence-electron chi connectivity index (χ1n) is 16.7. The molecule has 0 fully saturated rings. The van der Waals surface area contributed by atoms with Crippen LogP contribution in [0.3, 0.4) is 0 Å². The molecule has 10 rings (SSSR count). The molecule has 2 nitrogen and oxygen atoms in total. The quantitative estimate of drug-likeness (QED) is 0.206. The van der Waals surface area contributed by atoms with Crippen molar-refractivity contribution in [2.45, 2.75) is 16.9 Å². The van der Waals surface area contributed by atoms with Crippen LogP contribution in [0.15, 0.2) is 169 Å². The van der Waals surface area contributed by atoms with Crippen LogP contribution < -0.4 is 10.9 Å². The van der Waals surface area contributed by atoms with Crippen molar-refractivity contribution in [2.24, 2.45) is 5.92 Å². The van der Waals surface area contributed by atoms with E-state index in [9.17, 15) is 5.02 Å². The topological polar surface area (TPSA) is 25.2 Å². The summed E-state index contributed by atoms with van der Waals surface area (Å²) >= 11 is 0. The SMILES string of the molecule is [B]c1cc2c3c(c1)c1cc([B]O)cc4c1n3C1C(=CC=CC1C2(c1ccccc1)c1ccccc1)C4(c1ccccc1)c1ccccc1. The van der Waals surface area contributed by atoms with Crippen molar-refractivity contribution >= 4 is 48.1 Å². The van der Waals surface area contributed by atoms with Crippen molar-refractivity contribution in [3.63, 3.8) is 0 Å². The number of benzene rings is 6. The third-order valence-corrected chi connectivity index (χ3v) is 11.4. The molecule has 1 N–H and O–H groups in total. The first kappa shape index (κ1) is 27.8. The van der Waals surface area contributed by atoms with Crippen molar-refractivity contribution < 1.29 is 5.02 Å². The van der Waals surface area contributed by atoms with E-state index in [4.69, 9.17) is 7.85 Å². The van der Waals surface area contributed by atoms with Gasteiger partial charge in [-0.25, -0.2) is 0 Å². The lowest BCUT2D eigenvalue weighted by Gasteiger charge is -2.56. The average molecular weight is 610 g/mol. The summed E-state index contributed by atoms with van der Waals surface area (Å²) in [5.41, 5.74) is 11.4. The molecule has 0 amide bonds. The Bertz CT molecular complexity index is 2370. The Morgan fingerprint density at radius 2 is 1.12 bits per heavy atom. The number of fused-ring (bicyclic) bond motifs is 1. The third kappa shape index (κ3) is 3.33. The fourth-order valence-electron chi connectivity index (χ4n) is 9.79. The van der Waals surface area contributed by atoms with E-state index in [1.165, 1.54) is 57.5 Å². The molecule has 6 aromatic carbocycles. The molecule has 4 heteroatoms. The summed E-state index contributed by atoms with van der Waals surface area (Å²) in [5, 5.41) is 12.9. The standard InChI is InChI=1S/C44H30B2NO/c45-32-24-34-35-26-33(46-48)27-39-41(35)47-40(34)38(25-32)43(28-14-5-1-6-15-28,29-16-7-2-8-17-29)36-22-13-23-37(42(36)47)44(39,30-18-9-3-10-19-30)31-20-11-4-12-21-31/h1-27,36,42,48H. The van der Waals surface area contributed by atoms with E-state index in [0.29, 0.717) is 0 Å². The summed E-state index contributed by atoms with van der Waals surface area (Å²) in [5.74, 6) is 0.0273. The Balaban J connectivity index is 1.49. The monoisotopic (exact) mass is 610 g/mol. The molecule has 1 aromatic heterocycles. The van der Waals surface area contributed by atoms with Crippen LogP contribution in [-0.4, -0.2) is 24.9 Å². The normalized spacial score (nSPS) is 19.4. The summed E-state index contributed by atoms with van der Waals surface area (Å²) in [6, 6.07) is 52.6. The van der Waals surface area contributed by atoms with Crippen LogP contribution in [0.2, 0.25) is 0 Å². The molecule has 1 aliphatic carbocycles. The molecule has 3 aliphatic rings. The third-order valence-electron chi connectivity index (χ3n) is 11.4. The first-order chi connectivity index (χ1) is 23.7. The van der Waals surface area contributed by atoms with E-state index >= 15 is 0 Å². The number of rotatable bonds is 5. The zero-order chi connectivity index (χ0) is 32.0. The van der Waals surface area contributed by atoms with Gasteiger partial charge in [-0.1, -0.05) is 175 Å². The fourth-order valence-corrected chi connectivity index (χ4v) is 9.79. The second kappa shape index (κ2) is 10.1. The van der Waals surface area contributed by atoms with Crippen molar-refractivity contribution in [1.82, 2.24) is 4.57 Å². The minimum absolute atomic E-state index is 0.0107. The highest BCUT2D eigenvalue weighted by Gasteiger charge is 2.59. The smallest absolute Gasteiger partial charge is 0.326 e. The Morgan fingerprint density at radius 1 is 0.604 bits per heavy atom. The van der Waals surface area contributed by atoms with Gasteiger partial charge in [-0.15, -0.1) is 0 Å². The maximum atomic E-state index is 10.7. The van der Waals surface area contributed by atoms with Gasteiger partial charge in [-0.2, -0.15) is 0 Å². The molecule has 0 spiro atoms. The van der Waals surface area contributed by atoms with Crippen LogP contribution in [0.4, 0.5) is 0 Å². The summed E-state index contributed by atoms with van der Waals surface area (Å²) in [6.45, 7) is 0. The zero-order valence-corrected chi connectivity index (χ0v) is 26.3. The maximum Gasteiger partial charge on any atom is 0.326 e. The predicted octanol–water partition coefficient (Wildman–Crippen LogP) is 7.17. The highest BCUT2D eigenvalue weighted by atomic mass is 16.2. The van der Waals surface area contributed by atoms with Gasteiger partial charge in [0.1, 0.15) is 7.85 Å². The van der Waals surface area contributed by atoms with Crippen LogP contribution in [0.1, 0.15) is 39.4 Å². The Morgan fingerprint density at radius 3 is 1.69 bits per heavy atom. The lowest BCUT2D eigenvalue weighted by Crippen LogP contribution is -2.51. The van der Waals surface area contributed by atoms with Gasteiger partial charge in [0.05, 0.1) is 27.9 Å². The molecule has 2 aliphatic heterocycles. The molecule has 7 aromatic rings. The van der Waals surface area contributed by atoms with Crippen LogP contribution in [0.5, 0.6) is 0 Å². The molecule has 0 saturated carbocycles. The van der Waals surface area contributed by atoms with E-state index in [0.717, 1.165) is 21.7 Å². The Labute approximate surface area is 282 Å². The Kier molecular flexibility index (Phi) is 5.84. The van der Waals surface area contributed by atoms with Crippen LogP contribution in [0, 0.1) is 5.92 Å². The van der Waals surface area contributed by atoms with E-state index in [1.807, 2.05) is 0 Å². The summed E-state index contributed by atoms with van der Waals surface area (Å²) in [7, 11) is 8.17. The van der Waals surface area contributed by atoms with Gasteiger partial charge in [-0.05, 0) is 39.0 Å². The van der Waals surface area contributed by atoms with Crippen LogP contribution >= 0.6 is 0 Å². The summed E-state index contributed by atoms with van der Waals surface area (Å²) in [6.07, 6.45) is 7.11. The highest BCUT2D eigenvalue weighted by Crippen LogP contribution is 2.65. The summed E-state index contributed by atoms with van der Waals surface area (Å²) in [4.78, 5) is 0. The molecule has 3 radical (unpaired) electrons. The lowest BCUT2D eigenvalue weighted by atomic mass is 9.51. The van der Waals surface area contributed by atoms with Crippen molar-refractivity contribution in [3.8, 4) is 0 Å². The molecule has 223 valence electrons. The second-order valence-electron chi connectivity index (χ2n) is 13.4. The van der Waals surface area contributed by atoms with Crippen LogP contribution in [-0.2, 0) is 10.8 Å². The molecule has 0 saturated heterocycles. The highest BCUT2D eigenvalue weighted by molar-refractivity contribution is 6.46. The molecule has 0 bridgehead atoms. The molecular weight excluding hydrogens is 580 g/mol. The summed E-state index contributed by atoms with van der Waals surface area (Å²) < 4.78 is 2.63. The number of allylic oxidation sites excluding steroid dienone is 4. The molecule has 3 heterocycles. The molecule has 2 unspecified atom stereocenters. The van der Waals surface area contributed by atoms with E-state index < -0.39 is 10.8 Å². The number of aromatic nitrogens is 1. The van der Waals surface area contributed by atoms with E-state index in [1.54, 1.807) is 0 Å². The number of nitrogens with zero attached hydrogens (tertiary/aromatic N) is 1.